The molecule has 0 N–H and O–H groups in total. The first kappa shape index (κ1) is 16.6. The van der Waals surface area contributed by atoms with Crippen molar-refractivity contribution >= 4 is 17.7 Å². The van der Waals surface area contributed by atoms with Crippen LogP contribution in [0.3, 0.4) is 0 Å². The Morgan fingerprint density at radius 1 is 1.08 bits per heavy atom. The summed E-state index contributed by atoms with van der Waals surface area (Å²) < 4.78 is 0. The van der Waals surface area contributed by atoms with Crippen LogP contribution in [-0.4, -0.2) is 41.7 Å². The van der Waals surface area contributed by atoms with Crippen LogP contribution in [-0.2, 0) is 4.79 Å². The lowest BCUT2D eigenvalue weighted by atomic mass is 9.83. The average Bonchev–Trinajstić information content (AvgIpc) is 2.99. The zero-order chi connectivity index (χ0) is 18.1. The number of carbonyl (C=O) groups is 1. The van der Waals surface area contributed by atoms with Crippen LogP contribution in [0.4, 0.5) is 0 Å². The quantitative estimate of drug-likeness (QED) is 0.834. The Hall–Kier alpha value is -2.88. The van der Waals surface area contributed by atoms with Gasteiger partial charge in [-0.25, -0.2) is 0 Å². The Kier molecular flexibility index (Phi) is 4.33. The highest BCUT2D eigenvalue weighted by Gasteiger charge is 2.42. The van der Waals surface area contributed by atoms with E-state index in [9.17, 15) is 4.79 Å². The average molecular weight is 345 g/mol. The van der Waals surface area contributed by atoms with Crippen LogP contribution in [0.15, 0.2) is 71.3 Å². The number of piperidine rings is 1. The molecular formula is C22H23N3O. The number of amides is 1. The number of carbonyl (C=O) groups excluding carboxylic acids is 1. The number of hydrogen-bond donors (Lipinski definition) is 0. The monoisotopic (exact) mass is 345 g/mol. The van der Waals surface area contributed by atoms with Gasteiger partial charge < -0.3 is 4.90 Å². The summed E-state index contributed by atoms with van der Waals surface area (Å²) in [7, 11) is 2.03. The van der Waals surface area contributed by atoms with Gasteiger partial charge >= 0.3 is 0 Å². The van der Waals surface area contributed by atoms with Gasteiger partial charge in [-0.3, -0.25) is 9.80 Å². The standard InChI is InChI=1S/C22H23N3O/c1-16(26)25-14-19(13-17-9-5-3-6-10-17)21-20(15-25)22(24(2)23-21)18-11-7-4-8-12-18/h3-13,20,22H,14-15H2,1-2H3/b19-13+. The second kappa shape index (κ2) is 6.79. The molecule has 132 valence electrons. The van der Waals surface area contributed by atoms with Crippen molar-refractivity contribution in [3.63, 3.8) is 0 Å². The fourth-order valence-electron chi connectivity index (χ4n) is 4.00. The highest BCUT2D eigenvalue weighted by Crippen LogP contribution is 2.39. The van der Waals surface area contributed by atoms with E-state index in [-0.39, 0.29) is 17.9 Å². The van der Waals surface area contributed by atoms with Crippen molar-refractivity contribution in [1.29, 1.82) is 0 Å². The summed E-state index contributed by atoms with van der Waals surface area (Å²) in [6.45, 7) is 2.98. The van der Waals surface area contributed by atoms with Gasteiger partial charge in [0.15, 0.2) is 0 Å². The smallest absolute Gasteiger partial charge is 0.219 e. The second-order valence-electron chi connectivity index (χ2n) is 7.00. The molecule has 0 saturated carbocycles. The van der Waals surface area contributed by atoms with Crippen molar-refractivity contribution in [2.75, 3.05) is 20.1 Å². The van der Waals surface area contributed by atoms with Gasteiger partial charge in [0, 0.05) is 33.0 Å². The Bertz CT molecular complexity index is 857. The molecule has 0 spiro atoms. The number of likely N-dealkylation sites (tertiary alicyclic amines) is 1. The van der Waals surface area contributed by atoms with Crippen LogP contribution in [0.2, 0.25) is 0 Å². The maximum Gasteiger partial charge on any atom is 0.219 e. The van der Waals surface area contributed by atoms with Crippen molar-refractivity contribution in [3.05, 3.63) is 77.4 Å². The maximum absolute atomic E-state index is 12.2. The van der Waals surface area contributed by atoms with Gasteiger partial charge in [0.05, 0.1) is 11.8 Å². The fraction of sp³-hybridized carbons (Fsp3) is 0.273. The van der Waals surface area contributed by atoms with Crippen LogP contribution in [0.1, 0.15) is 24.1 Å². The summed E-state index contributed by atoms with van der Waals surface area (Å²) in [5.74, 6) is 0.305. The van der Waals surface area contributed by atoms with Crippen LogP contribution in [0.5, 0.6) is 0 Å². The number of hydrogen-bond acceptors (Lipinski definition) is 3. The highest BCUT2D eigenvalue weighted by molar-refractivity contribution is 6.08. The van der Waals surface area contributed by atoms with Gasteiger partial charge in [-0.15, -0.1) is 0 Å². The fourth-order valence-corrected chi connectivity index (χ4v) is 4.00. The van der Waals surface area contributed by atoms with Crippen molar-refractivity contribution in [3.8, 4) is 0 Å². The van der Waals surface area contributed by atoms with E-state index >= 15 is 0 Å². The molecule has 2 aliphatic heterocycles. The van der Waals surface area contributed by atoms with Gasteiger partial charge in [-0.2, -0.15) is 5.10 Å². The number of benzene rings is 2. The molecule has 2 aromatic rings. The molecule has 2 aromatic carbocycles. The molecule has 2 atom stereocenters. The lowest BCUT2D eigenvalue weighted by Crippen LogP contribution is -2.45. The first-order chi connectivity index (χ1) is 12.6. The van der Waals surface area contributed by atoms with Crippen LogP contribution in [0, 0.1) is 5.92 Å². The predicted octanol–water partition coefficient (Wildman–Crippen LogP) is 3.59. The summed E-state index contributed by atoms with van der Waals surface area (Å²) in [4.78, 5) is 14.1. The molecule has 4 heteroatoms. The minimum Gasteiger partial charge on any atom is -0.338 e. The minimum absolute atomic E-state index is 0.115. The SMILES string of the molecule is CC(=O)N1C/C(=C\c2ccccc2)C2=NN(C)C(c3ccccc3)C2C1. The van der Waals surface area contributed by atoms with Gasteiger partial charge in [-0.1, -0.05) is 60.7 Å². The molecule has 2 heterocycles. The van der Waals surface area contributed by atoms with Gasteiger partial charge in [0.2, 0.25) is 5.91 Å². The lowest BCUT2D eigenvalue weighted by molar-refractivity contribution is -0.129. The highest BCUT2D eigenvalue weighted by atomic mass is 16.2. The molecule has 4 nitrogen and oxygen atoms in total. The Labute approximate surface area is 154 Å². The number of nitrogens with zero attached hydrogens (tertiary/aromatic N) is 3. The first-order valence-electron chi connectivity index (χ1n) is 9.01. The zero-order valence-corrected chi connectivity index (χ0v) is 15.2. The van der Waals surface area contributed by atoms with Gasteiger partial charge in [-0.05, 0) is 22.8 Å². The van der Waals surface area contributed by atoms with E-state index in [0.717, 1.165) is 16.8 Å². The Morgan fingerprint density at radius 2 is 1.73 bits per heavy atom. The van der Waals surface area contributed by atoms with Crippen molar-refractivity contribution < 1.29 is 4.79 Å². The third-order valence-corrected chi connectivity index (χ3v) is 5.23. The normalized spacial score (nSPS) is 23.8. The third kappa shape index (κ3) is 3.03. The minimum atomic E-state index is 0.115. The molecule has 0 aromatic heterocycles. The summed E-state index contributed by atoms with van der Waals surface area (Å²) in [6.07, 6.45) is 2.17. The molecule has 2 aliphatic rings. The Morgan fingerprint density at radius 3 is 2.38 bits per heavy atom. The lowest BCUT2D eigenvalue weighted by Gasteiger charge is -2.35. The molecule has 1 saturated heterocycles. The molecule has 0 bridgehead atoms. The molecular weight excluding hydrogens is 322 g/mol. The molecule has 0 aliphatic carbocycles. The van der Waals surface area contributed by atoms with E-state index in [0.29, 0.717) is 13.1 Å². The Balaban J connectivity index is 1.74. The van der Waals surface area contributed by atoms with Crippen LogP contribution in [0.25, 0.3) is 6.08 Å². The van der Waals surface area contributed by atoms with E-state index < -0.39 is 0 Å². The zero-order valence-electron chi connectivity index (χ0n) is 15.2. The van der Waals surface area contributed by atoms with Crippen LogP contribution >= 0.6 is 0 Å². The van der Waals surface area contributed by atoms with Crippen LogP contribution < -0.4 is 0 Å². The largest absolute Gasteiger partial charge is 0.338 e. The molecule has 1 amide bonds. The molecule has 2 unspecified atom stereocenters. The molecule has 4 rings (SSSR count). The van der Waals surface area contributed by atoms with E-state index in [1.54, 1.807) is 6.92 Å². The summed E-state index contributed by atoms with van der Waals surface area (Å²) in [5, 5.41) is 6.94. The summed E-state index contributed by atoms with van der Waals surface area (Å²) in [5.41, 5.74) is 4.62. The number of rotatable bonds is 2. The summed E-state index contributed by atoms with van der Waals surface area (Å²) in [6, 6.07) is 20.9. The van der Waals surface area contributed by atoms with Crippen molar-refractivity contribution in [1.82, 2.24) is 9.91 Å². The van der Waals surface area contributed by atoms with E-state index in [4.69, 9.17) is 5.10 Å². The third-order valence-electron chi connectivity index (χ3n) is 5.23. The topological polar surface area (TPSA) is 35.9 Å². The van der Waals surface area contributed by atoms with E-state index in [2.05, 4.69) is 47.5 Å². The number of hydrazone groups is 1. The van der Waals surface area contributed by atoms with Crippen molar-refractivity contribution in [2.45, 2.75) is 13.0 Å². The molecule has 26 heavy (non-hydrogen) atoms. The van der Waals surface area contributed by atoms with E-state index in [1.165, 1.54) is 5.56 Å². The first-order valence-corrected chi connectivity index (χ1v) is 9.01. The second-order valence-corrected chi connectivity index (χ2v) is 7.00. The molecule has 0 radical (unpaired) electrons. The maximum atomic E-state index is 12.2. The molecule has 1 fully saturated rings. The number of fused-ring (bicyclic) bond motifs is 1. The van der Waals surface area contributed by atoms with Crippen molar-refractivity contribution in [2.24, 2.45) is 11.0 Å². The van der Waals surface area contributed by atoms with Gasteiger partial charge in [0.1, 0.15) is 0 Å². The predicted molar refractivity (Wildman–Crippen MR) is 105 cm³/mol. The van der Waals surface area contributed by atoms with E-state index in [1.807, 2.05) is 36.2 Å². The summed E-state index contributed by atoms with van der Waals surface area (Å²) >= 11 is 0. The van der Waals surface area contributed by atoms with Gasteiger partial charge in [0.25, 0.3) is 0 Å².